The molecule has 0 unspecified atom stereocenters. The topological polar surface area (TPSA) is 21.4 Å². The number of rotatable bonds is 3. The van der Waals surface area contributed by atoms with Crippen molar-refractivity contribution in [3.8, 4) is 11.1 Å². The van der Waals surface area contributed by atoms with Gasteiger partial charge in [0.25, 0.3) is 0 Å². The summed E-state index contributed by atoms with van der Waals surface area (Å²) in [6, 6.07) is 26.9. The molecular weight excluding hydrogens is 300 g/mol. The van der Waals surface area contributed by atoms with Crippen LogP contribution in [0.4, 0.5) is 0 Å². The van der Waals surface area contributed by atoms with Crippen LogP contribution in [0.25, 0.3) is 11.1 Å². The van der Waals surface area contributed by atoms with Crippen LogP contribution in [0, 0.1) is 0 Å². The van der Waals surface area contributed by atoms with Gasteiger partial charge < -0.3 is 0 Å². The highest BCUT2D eigenvalue weighted by Crippen LogP contribution is 2.45. The van der Waals surface area contributed by atoms with Crippen LogP contribution in [0.5, 0.6) is 0 Å². The molecule has 0 amide bonds. The van der Waals surface area contributed by atoms with Crippen LogP contribution in [0.1, 0.15) is 22.6 Å². The highest BCUT2D eigenvalue weighted by molar-refractivity contribution is 8.14. The molecule has 3 aromatic carbocycles. The van der Waals surface area contributed by atoms with E-state index in [0.717, 1.165) is 11.3 Å². The normalized spacial score (nSPS) is 12.7. The van der Waals surface area contributed by atoms with Gasteiger partial charge in [0, 0.05) is 11.7 Å². The first-order valence-corrected chi connectivity index (χ1v) is 8.75. The van der Waals surface area contributed by atoms with E-state index in [1.807, 2.05) is 30.3 Å². The second kappa shape index (κ2) is 6.05. The van der Waals surface area contributed by atoms with Crippen LogP contribution in [0.3, 0.4) is 0 Å². The molecule has 112 valence electrons. The molecule has 1 nitrogen and oxygen atoms in total. The third-order valence-electron chi connectivity index (χ3n) is 4.37. The molecule has 0 aliphatic heterocycles. The largest absolute Gasteiger partial charge is 0.382 e. The van der Waals surface area contributed by atoms with Gasteiger partial charge in [-0.3, -0.25) is 4.79 Å². The van der Waals surface area contributed by atoms with Crippen molar-refractivity contribution in [1.29, 1.82) is 0 Å². The Morgan fingerprint density at radius 2 is 1.26 bits per heavy atom. The third-order valence-corrected chi connectivity index (χ3v) is 5.38. The summed E-state index contributed by atoms with van der Waals surface area (Å²) in [5.41, 5.74) is 6.27. The molecule has 1 N–H and O–H groups in total. The standard InChI is InChI=1S/C21H16OS/c22-21(15-8-2-1-3-9-15)23-14-20-18-12-6-4-10-16(18)17-11-5-7-13-19(17)20/h1-13,20H,14H2/p+1. The molecule has 1 aliphatic carbocycles. The van der Waals surface area contributed by atoms with Crippen LogP contribution < -0.4 is 0 Å². The fourth-order valence-electron chi connectivity index (χ4n) is 3.27. The zero-order valence-corrected chi connectivity index (χ0v) is 13.5. The van der Waals surface area contributed by atoms with Gasteiger partial charge in [-0.1, -0.05) is 66.7 Å². The maximum absolute atomic E-state index is 10.4. The predicted molar refractivity (Wildman–Crippen MR) is 98.7 cm³/mol. The lowest BCUT2D eigenvalue weighted by Gasteiger charge is -2.11. The van der Waals surface area contributed by atoms with E-state index in [0.29, 0.717) is 11.0 Å². The molecule has 2 heteroatoms. The number of carbonyl (C=O) groups excluding carboxylic acids is 1. The molecule has 0 spiro atoms. The van der Waals surface area contributed by atoms with Gasteiger partial charge in [-0.25, -0.2) is 0 Å². The van der Waals surface area contributed by atoms with Crippen molar-refractivity contribution in [1.82, 2.24) is 0 Å². The monoisotopic (exact) mass is 317 g/mol. The highest BCUT2D eigenvalue weighted by Gasteiger charge is 2.29. The average Bonchev–Trinajstić information content (AvgIpc) is 2.94. The zero-order chi connectivity index (χ0) is 15.6. The molecule has 0 saturated heterocycles. The van der Waals surface area contributed by atoms with Gasteiger partial charge in [-0.2, -0.15) is 0 Å². The van der Waals surface area contributed by atoms with E-state index in [1.165, 1.54) is 34.0 Å². The van der Waals surface area contributed by atoms with Crippen molar-refractivity contribution in [2.75, 3.05) is 5.75 Å². The van der Waals surface area contributed by atoms with Crippen LogP contribution in [0.2, 0.25) is 0 Å². The Labute approximate surface area is 140 Å². The molecule has 0 saturated carbocycles. The minimum absolute atomic E-state index is 0.332. The maximum atomic E-state index is 10.4. The van der Waals surface area contributed by atoms with Crippen LogP contribution in [0.15, 0.2) is 78.9 Å². The Bertz CT molecular complexity index is 809. The van der Waals surface area contributed by atoms with Crippen molar-refractivity contribution in [3.63, 3.8) is 0 Å². The molecule has 0 radical (unpaired) electrons. The summed E-state index contributed by atoms with van der Waals surface area (Å²) >= 11 is 1.53. The second-order valence-corrected chi connectivity index (χ2v) is 6.72. The molecule has 0 bridgehead atoms. The van der Waals surface area contributed by atoms with E-state index in [1.54, 1.807) is 0 Å². The highest BCUT2D eigenvalue weighted by atomic mass is 32.2. The summed E-state index contributed by atoms with van der Waals surface area (Å²) in [6.45, 7) is 0. The molecule has 0 atom stereocenters. The molecule has 0 fully saturated rings. The van der Waals surface area contributed by atoms with E-state index in [-0.39, 0.29) is 0 Å². The smallest absolute Gasteiger partial charge is 0.267 e. The van der Waals surface area contributed by atoms with Crippen molar-refractivity contribution >= 4 is 16.9 Å². The average molecular weight is 317 g/mol. The first kappa shape index (κ1) is 14.3. The molecule has 3 aromatic rings. The van der Waals surface area contributed by atoms with Crippen molar-refractivity contribution in [3.05, 3.63) is 95.6 Å². The molecular formula is C21H17OS+. The predicted octanol–water partition coefficient (Wildman–Crippen LogP) is 5.08. The minimum Gasteiger partial charge on any atom is -0.267 e. The Morgan fingerprint density at radius 3 is 1.87 bits per heavy atom. The van der Waals surface area contributed by atoms with Crippen molar-refractivity contribution in [2.45, 2.75) is 5.92 Å². The summed E-state index contributed by atoms with van der Waals surface area (Å²) < 4.78 is 0. The van der Waals surface area contributed by atoms with E-state index >= 15 is 0 Å². The quantitative estimate of drug-likeness (QED) is 0.617. The fraction of sp³-hybridized carbons (Fsp3) is 0.0952. The third kappa shape index (κ3) is 2.60. The van der Waals surface area contributed by atoms with Crippen molar-refractivity contribution < 1.29 is 4.79 Å². The first-order chi connectivity index (χ1) is 11.3. The zero-order valence-electron chi connectivity index (χ0n) is 12.6. The van der Waals surface area contributed by atoms with Crippen LogP contribution >= 0.6 is 11.8 Å². The minimum atomic E-state index is 0.332. The molecule has 0 heterocycles. The van der Waals surface area contributed by atoms with E-state index < -0.39 is 0 Å². The maximum Gasteiger partial charge on any atom is 0.382 e. The number of benzene rings is 3. The van der Waals surface area contributed by atoms with Gasteiger partial charge in [0.15, 0.2) is 0 Å². The lowest BCUT2D eigenvalue weighted by Crippen LogP contribution is -2.04. The molecule has 23 heavy (non-hydrogen) atoms. The summed E-state index contributed by atoms with van der Waals surface area (Å²) in [4.78, 5) is 10.4. The van der Waals surface area contributed by atoms with E-state index in [9.17, 15) is 4.79 Å². The fourth-order valence-corrected chi connectivity index (χ4v) is 4.25. The number of fused-ring (bicyclic) bond motifs is 3. The van der Waals surface area contributed by atoms with E-state index in [2.05, 4.69) is 48.5 Å². The Hall–Kier alpha value is -2.32. The van der Waals surface area contributed by atoms with Crippen LogP contribution in [-0.2, 0) is 0 Å². The van der Waals surface area contributed by atoms with Gasteiger partial charge >= 0.3 is 5.12 Å². The lowest BCUT2D eigenvalue weighted by atomic mass is 9.99. The van der Waals surface area contributed by atoms with Gasteiger partial charge in [-0.05, 0) is 46.1 Å². The van der Waals surface area contributed by atoms with E-state index in [4.69, 9.17) is 0 Å². The van der Waals surface area contributed by atoms with Gasteiger partial charge in [-0.15, -0.1) is 0 Å². The summed E-state index contributed by atoms with van der Waals surface area (Å²) in [5.74, 6) is 1.17. The van der Waals surface area contributed by atoms with Gasteiger partial charge in [0.1, 0.15) is 0 Å². The number of thioether (sulfide) groups is 1. The van der Waals surface area contributed by atoms with Gasteiger partial charge in [0.2, 0.25) is 0 Å². The summed E-state index contributed by atoms with van der Waals surface area (Å²) in [7, 11) is 0. The Balaban J connectivity index is 1.61. The SMILES string of the molecule is [OH+]=C(SCC1c2ccccc2-c2ccccc21)c1ccccc1. The number of hydrogen-bond donors (Lipinski definition) is 0. The lowest BCUT2D eigenvalue weighted by molar-refractivity contribution is 0.689. The Morgan fingerprint density at radius 1 is 0.739 bits per heavy atom. The summed E-state index contributed by atoms with van der Waals surface area (Å²) in [6.07, 6.45) is 0. The summed E-state index contributed by atoms with van der Waals surface area (Å²) in [5, 5.41) is 0.396. The molecule has 4 rings (SSSR count). The first-order valence-electron chi connectivity index (χ1n) is 7.77. The van der Waals surface area contributed by atoms with Gasteiger partial charge in [0.05, 0.1) is 5.56 Å². The van der Waals surface area contributed by atoms with Crippen LogP contribution in [-0.4, -0.2) is 15.7 Å². The number of hydrogen-bond acceptors (Lipinski definition) is 1. The second-order valence-electron chi connectivity index (χ2n) is 5.71. The molecule has 1 aliphatic rings. The molecule has 0 aromatic heterocycles. The van der Waals surface area contributed by atoms with Crippen molar-refractivity contribution in [2.24, 2.45) is 0 Å². The Kier molecular flexibility index (Phi) is 3.76.